The second-order valence-electron chi connectivity index (χ2n) is 14.4. The first-order valence-corrected chi connectivity index (χ1v) is 18.6. The Morgan fingerprint density at radius 2 is 1.20 bits per heavy atom. The maximum absolute atomic E-state index is 14.3. The van der Waals surface area contributed by atoms with Crippen LogP contribution in [0.15, 0.2) is 60.8 Å². The van der Waals surface area contributed by atoms with Gasteiger partial charge in [-0.3, -0.25) is 33.6 Å². The molecular formula is C39H50N8O7. The molecule has 15 heteroatoms. The first-order valence-electron chi connectivity index (χ1n) is 18.6. The maximum atomic E-state index is 14.3. The van der Waals surface area contributed by atoms with Crippen LogP contribution in [0.3, 0.4) is 0 Å². The Morgan fingerprint density at radius 1 is 0.630 bits per heavy atom. The lowest BCUT2D eigenvalue weighted by atomic mass is 9.99. The Kier molecular flexibility index (Phi) is 13.4. The molecule has 2 saturated heterocycles. The van der Waals surface area contributed by atoms with Gasteiger partial charge in [0.1, 0.15) is 36.3 Å². The number of nitrogens with one attached hydrogen (secondary N) is 8. The number of para-hydroxylation sites is 1. The van der Waals surface area contributed by atoms with Crippen molar-refractivity contribution in [2.75, 3.05) is 6.54 Å². The van der Waals surface area contributed by atoms with Crippen LogP contribution in [0.1, 0.15) is 64.0 Å². The number of rotatable bonds is 9. The van der Waals surface area contributed by atoms with E-state index in [2.05, 4.69) is 42.2 Å². The largest absolute Gasteiger partial charge is 0.361 e. The first kappa shape index (κ1) is 39.5. The van der Waals surface area contributed by atoms with Crippen molar-refractivity contribution in [3.05, 3.63) is 71.9 Å². The van der Waals surface area contributed by atoms with E-state index in [-0.39, 0.29) is 31.6 Å². The van der Waals surface area contributed by atoms with E-state index in [1.54, 1.807) is 30.5 Å². The lowest BCUT2D eigenvalue weighted by molar-refractivity contribution is -0.138. The number of hydrogen-bond acceptors (Lipinski definition) is 7. The van der Waals surface area contributed by atoms with E-state index >= 15 is 0 Å². The molecule has 6 atom stereocenters. The third kappa shape index (κ3) is 10.4. The van der Waals surface area contributed by atoms with Crippen molar-refractivity contribution in [3.8, 4) is 0 Å². The lowest BCUT2D eigenvalue weighted by Gasteiger charge is -2.30. The van der Waals surface area contributed by atoms with Crippen LogP contribution in [0.5, 0.6) is 0 Å². The van der Waals surface area contributed by atoms with Crippen LogP contribution in [0.25, 0.3) is 10.9 Å². The molecule has 1 unspecified atom stereocenters. The zero-order valence-corrected chi connectivity index (χ0v) is 30.8. The van der Waals surface area contributed by atoms with Crippen molar-refractivity contribution in [3.63, 3.8) is 0 Å². The minimum atomic E-state index is -1.46. The molecular weight excluding hydrogens is 692 g/mol. The molecule has 2 fully saturated rings. The molecule has 1 aromatic heterocycles. The molecule has 288 valence electrons. The quantitative estimate of drug-likeness (QED) is 0.156. The van der Waals surface area contributed by atoms with Gasteiger partial charge in [-0.2, -0.15) is 0 Å². The Hall–Kier alpha value is -5.73. The van der Waals surface area contributed by atoms with Crippen LogP contribution in [0.4, 0.5) is 0 Å². The number of hydrogen-bond donors (Lipinski definition) is 8. The summed E-state index contributed by atoms with van der Waals surface area (Å²) in [6.45, 7) is 5.27. The van der Waals surface area contributed by atoms with E-state index in [9.17, 15) is 33.6 Å². The molecule has 2 bridgehead atoms. The summed E-state index contributed by atoms with van der Waals surface area (Å²) in [6.07, 6.45) is 2.90. The van der Waals surface area contributed by atoms with Gasteiger partial charge in [0.2, 0.25) is 41.4 Å². The molecule has 2 aromatic carbocycles. The number of aromatic nitrogens is 1. The van der Waals surface area contributed by atoms with E-state index in [4.69, 9.17) is 0 Å². The molecule has 0 radical (unpaired) electrons. The smallest absolute Gasteiger partial charge is 0.245 e. The van der Waals surface area contributed by atoms with Crippen LogP contribution in [0, 0.1) is 5.92 Å². The predicted octanol–water partition coefficient (Wildman–Crippen LogP) is 0.632. The summed E-state index contributed by atoms with van der Waals surface area (Å²) < 4.78 is 0. The highest BCUT2D eigenvalue weighted by Gasteiger charge is 2.37. The fourth-order valence-electron chi connectivity index (χ4n) is 6.69. The van der Waals surface area contributed by atoms with E-state index in [1.165, 1.54) is 0 Å². The number of unbranched alkanes of at least 4 members (excludes halogenated alkanes) is 1. The summed E-state index contributed by atoms with van der Waals surface area (Å²) >= 11 is 0. The van der Waals surface area contributed by atoms with Crippen molar-refractivity contribution >= 4 is 52.3 Å². The highest BCUT2D eigenvalue weighted by Crippen LogP contribution is 2.20. The molecule has 2 aliphatic heterocycles. The molecule has 8 N–H and O–H groups in total. The van der Waals surface area contributed by atoms with Gasteiger partial charge >= 0.3 is 0 Å². The molecule has 5 rings (SSSR count). The van der Waals surface area contributed by atoms with Gasteiger partial charge < -0.3 is 42.2 Å². The highest BCUT2D eigenvalue weighted by molar-refractivity contribution is 6.00. The van der Waals surface area contributed by atoms with Gasteiger partial charge in [0.15, 0.2) is 0 Å². The number of fused-ring (bicyclic) bond motifs is 6. The maximum Gasteiger partial charge on any atom is 0.245 e. The van der Waals surface area contributed by atoms with Crippen molar-refractivity contribution in [2.24, 2.45) is 5.92 Å². The minimum absolute atomic E-state index is 0.00835. The van der Waals surface area contributed by atoms with Crippen molar-refractivity contribution in [1.82, 2.24) is 42.2 Å². The second kappa shape index (κ2) is 18.3. The van der Waals surface area contributed by atoms with E-state index in [0.717, 1.165) is 10.9 Å². The minimum Gasteiger partial charge on any atom is -0.361 e. The van der Waals surface area contributed by atoms with Gasteiger partial charge in [0.25, 0.3) is 0 Å². The van der Waals surface area contributed by atoms with E-state index in [0.29, 0.717) is 24.0 Å². The monoisotopic (exact) mass is 742 g/mol. The Morgan fingerprint density at radius 3 is 1.94 bits per heavy atom. The molecule has 0 aliphatic carbocycles. The van der Waals surface area contributed by atoms with Crippen LogP contribution < -0.4 is 37.2 Å². The summed E-state index contributed by atoms with van der Waals surface area (Å²) in [4.78, 5) is 101. The topological polar surface area (TPSA) is 219 Å². The van der Waals surface area contributed by atoms with Gasteiger partial charge in [-0.25, -0.2) is 0 Å². The molecule has 54 heavy (non-hydrogen) atoms. The van der Waals surface area contributed by atoms with Gasteiger partial charge in [0, 0.05) is 36.5 Å². The third-order valence-corrected chi connectivity index (χ3v) is 9.63. The molecule has 3 aromatic rings. The summed E-state index contributed by atoms with van der Waals surface area (Å²) in [5.41, 5.74) is 2.22. The van der Waals surface area contributed by atoms with Gasteiger partial charge in [-0.15, -0.1) is 0 Å². The zero-order chi connectivity index (χ0) is 38.8. The number of carbonyl (C=O) groups excluding carboxylic acids is 7. The van der Waals surface area contributed by atoms with Crippen LogP contribution in [0.2, 0.25) is 0 Å². The predicted molar refractivity (Wildman–Crippen MR) is 200 cm³/mol. The molecule has 2 aliphatic rings. The van der Waals surface area contributed by atoms with Crippen molar-refractivity contribution in [2.45, 2.75) is 102 Å². The highest BCUT2D eigenvalue weighted by atomic mass is 16.2. The molecule has 7 amide bonds. The fourth-order valence-corrected chi connectivity index (χ4v) is 6.69. The van der Waals surface area contributed by atoms with Crippen molar-refractivity contribution in [1.29, 1.82) is 0 Å². The SMILES string of the molecule is CCCC[C@@H]1NC(=O)[C@H](CC(C)C)NC(=O)[C@@H]2CNC(=O)C[C@H](NC1=O)C(=O)N[C@@H](Cc1c[nH]c3ccccc13)C(=O)NC(Cc1ccccc1)C(=O)N2. The Balaban J connectivity index is 1.58. The average molecular weight is 743 g/mol. The summed E-state index contributed by atoms with van der Waals surface area (Å²) in [7, 11) is 0. The third-order valence-electron chi connectivity index (χ3n) is 9.63. The lowest BCUT2D eigenvalue weighted by Crippen LogP contribution is -2.64. The number of benzene rings is 2. The average Bonchev–Trinajstić information content (AvgIpc) is 3.55. The van der Waals surface area contributed by atoms with E-state index < -0.39 is 90.6 Å². The standard InChI is InChI=1S/C39H50N8O7/c1-4-5-14-27-34(49)46-31-19-33(48)41-21-32(39(54)43-28(16-22(2)3)35(50)42-27)47-36(51)29(17-23-11-7-6-8-12-23)44-37(52)30(45-38(31)53)18-24-20-40-26-15-10-9-13-25(24)26/h6-13,15,20,22,27-32,40H,4-5,14,16-19,21H2,1-3H3,(H,41,48)(H,42,50)(H,43,54)(H,44,52)(H,45,53)(H,46,49)(H,47,51)/t27-,28-,29?,30-,31-,32-/m0/s1. The van der Waals surface area contributed by atoms with Crippen LogP contribution >= 0.6 is 0 Å². The molecule has 0 saturated carbocycles. The van der Waals surface area contributed by atoms with E-state index in [1.807, 2.05) is 51.1 Å². The number of H-pyrrole nitrogens is 1. The summed E-state index contributed by atoms with van der Waals surface area (Å²) in [6, 6.07) is 8.90. The first-order chi connectivity index (χ1) is 25.9. The second-order valence-corrected chi connectivity index (χ2v) is 14.4. The molecule has 15 nitrogen and oxygen atoms in total. The number of carbonyl (C=O) groups is 7. The molecule has 0 spiro atoms. The van der Waals surface area contributed by atoms with Gasteiger partial charge in [-0.1, -0.05) is 82.1 Å². The van der Waals surface area contributed by atoms with Crippen LogP contribution in [-0.2, 0) is 46.4 Å². The van der Waals surface area contributed by atoms with Crippen LogP contribution in [-0.4, -0.2) is 89.1 Å². The molecule has 3 heterocycles. The number of amides is 7. The van der Waals surface area contributed by atoms with Gasteiger partial charge in [0.05, 0.1) is 6.42 Å². The number of aromatic amines is 1. The fraction of sp³-hybridized carbons (Fsp3) is 0.462. The zero-order valence-electron chi connectivity index (χ0n) is 30.8. The summed E-state index contributed by atoms with van der Waals surface area (Å²) in [5, 5.41) is 19.8. The van der Waals surface area contributed by atoms with Gasteiger partial charge in [-0.05, 0) is 36.0 Å². The Labute approximate surface area is 313 Å². The summed E-state index contributed by atoms with van der Waals surface area (Å²) in [5.74, 6) is -5.02. The normalized spacial score (nSPS) is 24.9. The Bertz CT molecular complexity index is 1840. The van der Waals surface area contributed by atoms with Crippen molar-refractivity contribution < 1.29 is 33.6 Å².